The van der Waals surface area contributed by atoms with Gasteiger partial charge in [-0.3, -0.25) is 0 Å². The molecule has 0 spiro atoms. The second-order valence-corrected chi connectivity index (χ2v) is 7.20. The van der Waals surface area contributed by atoms with Gasteiger partial charge in [0.1, 0.15) is 11.5 Å². The SMILES string of the molecule is O[C@@]1(c2ccc(F)cc2)CN(c2cccc(Cl)c2)C2=[N+]1CCCCC2. The third kappa shape index (κ3) is 2.94. The number of aliphatic hydroxyl groups is 1. The van der Waals surface area contributed by atoms with Crippen molar-refractivity contribution in [1.82, 2.24) is 0 Å². The van der Waals surface area contributed by atoms with Crippen molar-refractivity contribution in [3.63, 3.8) is 0 Å². The number of amidine groups is 1. The molecule has 0 aliphatic carbocycles. The Morgan fingerprint density at radius 3 is 2.64 bits per heavy atom. The highest BCUT2D eigenvalue weighted by Gasteiger charge is 2.51. The predicted molar refractivity (Wildman–Crippen MR) is 97.7 cm³/mol. The summed E-state index contributed by atoms with van der Waals surface area (Å²) in [4.78, 5) is 2.15. The molecule has 1 atom stereocenters. The zero-order valence-electron chi connectivity index (χ0n) is 14.0. The molecule has 25 heavy (non-hydrogen) atoms. The van der Waals surface area contributed by atoms with E-state index < -0.39 is 5.72 Å². The summed E-state index contributed by atoms with van der Waals surface area (Å²) >= 11 is 6.18. The first-order valence-electron chi connectivity index (χ1n) is 8.73. The van der Waals surface area contributed by atoms with Crippen molar-refractivity contribution in [3.05, 3.63) is 64.9 Å². The average molecular weight is 360 g/mol. The standard InChI is InChI=1S/C20H21ClFN2O/c21-16-5-4-6-18(13-16)23-14-20(25,15-8-10-17(22)11-9-15)24-12-3-1-2-7-19(23)24/h4-6,8-11,13,25H,1-3,7,12,14H2/q+1/t20-/m1/s1. The van der Waals surface area contributed by atoms with Gasteiger partial charge in [-0.25, -0.2) is 13.9 Å². The minimum atomic E-state index is -1.16. The molecule has 5 heteroatoms. The lowest BCUT2D eigenvalue weighted by Gasteiger charge is -2.23. The highest BCUT2D eigenvalue weighted by Crippen LogP contribution is 2.35. The lowest BCUT2D eigenvalue weighted by atomic mass is 10.0. The Morgan fingerprint density at radius 2 is 1.88 bits per heavy atom. The number of rotatable bonds is 2. The molecule has 2 heterocycles. The average Bonchev–Trinajstić information content (AvgIpc) is 2.76. The van der Waals surface area contributed by atoms with E-state index >= 15 is 0 Å². The normalized spacial score (nSPS) is 23.6. The van der Waals surface area contributed by atoms with E-state index in [0.717, 1.165) is 49.3 Å². The summed E-state index contributed by atoms with van der Waals surface area (Å²) in [6, 6.07) is 13.9. The van der Waals surface area contributed by atoms with Gasteiger partial charge in [0, 0.05) is 23.1 Å². The Morgan fingerprint density at radius 1 is 1.08 bits per heavy atom. The Hall–Kier alpha value is -1.91. The maximum Gasteiger partial charge on any atom is 0.271 e. The maximum atomic E-state index is 13.4. The van der Waals surface area contributed by atoms with Crippen molar-refractivity contribution in [3.8, 4) is 0 Å². The van der Waals surface area contributed by atoms with Crippen LogP contribution in [-0.2, 0) is 5.72 Å². The molecule has 2 aliphatic heterocycles. The van der Waals surface area contributed by atoms with E-state index in [1.54, 1.807) is 12.1 Å². The van der Waals surface area contributed by atoms with Gasteiger partial charge in [0.15, 0.2) is 6.54 Å². The number of hydrogen-bond donors (Lipinski definition) is 1. The third-order valence-electron chi connectivity index (χ3n) is 5.16. The Kier molecular flexibility index (Phi) is 4.26. The Bertz CT molecular complexity index is 821. The van der Waals surface area contributed by atoms with Crippen molar-refractivity contribution in [2.45, 2.75) is 31.4 Å². The van der Waals surface area contributed by atoms with E-state index in [1.807, 2.05) is 24.3 Å². The van der Waals surface area contributed by atoms with Crippen molar-refractivity contribution >= 4 is 23.1 Å². The van der Waals surface area contributed by atoms with Crippen LogP contribution in [-0.4, -0.2) is 28.6 Å². The van der Waals surface area contributed by atoms with Crippen molar-refractivity contribution in [2.24, 2.45) is 0 Å². The summed E-state index contributed by atoms with van der Waals surface area (Å²) in [5.41, 5.74) is 0.542. The number of anilines is 1. The van der Waals surface area contributed by atoms with Gasteiger partial charge in [-0.1, -0.05) is 17.7 Å². The minimum absolute atomic E-state index is 0.294. The molecule has 0 fully saturated rings. The van der Waals surface area contributed by atoms with Crippen LogP contribution in [0.15, 0.2) is 48.5 Å². The number of benzene rings is 2. The van der Waals surface area contributed by atoms with Gasteiger partial charge in [-0.2, -0.15) is 0 Å². The topological polar surface area (TPSA) is 26.5 Å². The van der Waals surface area contributed by atoms with Crippen LogP contribution in [0.3, 0.4) is 0 Å². The van der Waals surface area contributed by atoms with E-state index in [4.69, 9.17) is 11.6 Å². The van der Waals surface area contributed by atoms with Crippen LogP contribution in [0.5, 0.6) is 0 Å². The van der Waals surface area contributed by atoms with Crippen molar-refractivity contribution in [1.29, 1.82) is 0 Å². The predicted octanol–water partition coefficient (Wildman–Crippen LogP) is 4.13. The first-order chi connectivity index (χ1) is 12.1. The van der Waals surface area contributed by atoms with Crippen LogP contribution in [0.1, 0.15) is 31.2 Å². The summed E-state index contributed by atoms with van der Waals surface area (Å²) in [6.45, 7) is 1.20. The molecule has 1 N–H and O–H groups in total. The summed E-state index contributed by atoms with van der Waals surface area (Å²) in [6.07, 6.45) is 4.19. The second-order valence-electron chi connectivity index (χ2n) is 6.77. The van der Waals surface area contributed by atoms with Crippen LogP contribution in [0.2, 0.25) is 5.02 Å². The Labute approximate surface area is 152 Å². The molecule has 0 saturated heterocycles. The van der Waals surface area contributed by atoms with E-state index in [0.29, 0.717) is 11.6 Å². The quantitative estimate of drug-likeness (QED) is 0.816. The molecule has 4 rings (SSSR count). The van der Waals surface area contributed by atoms with Gasteiger partial charge < -0.3 is 5.11 Å². The molecule has 2 aromatic carbocycles. The molecular weight excluding hydrogens is 339 g/mol. The van der Waals surface area contributed by atoms with Gasteiger partial charge in [0.25, 0.3) is 11.6 Å². The lowest BCUT2D eigenvalue weighted by molar-refractivity contribution is -0.658. The molecule has 0 saturated carbocycles. The zero-order valence-corrected chi connectivity index (χ0v) is 14.7. The summed E-state index contributed by atoms with van der Waals surface area (Å²) in [7, 11) is 0. The summed E-state index contributed by atoms with van der Waals surface area (Å²) in [5, 5.41) is 12.3. The van der Waals surface area contributed by atoms with Crippen LogP contribution >= 0.6 is 11.6 Å². The number of β-amino-alcohol motifs (C(OH)–C–C–N with tert-alkyl or cyclic N) is 1. The summed E-state index contributed by atoms with van der Waals surface area (Å²) < 4.78 is 15.4. The van der Waals surface area contributed by atoms with Gasteiger partial charge in [0.05, 0.1) is 6.54 Å². The van der Waals surface area contributed by atoms with E-state index in [9.17, 15) is 9.50 Å². The highest BCUT2D eigenvalue weighted by molar-refractivity contribution is 6.30. The van der Waals surface area contributed by atoms with Gasteiger partial charge in [-0.05, 0) is 55.7 Å². The zero-order chi connectivity index (χ0) is 17.4. The molecule has 2 aliphatic rings. The van der Waals surface area contributed by atoms with Gasteiger partial charge in [-0.15, -0.1) is 0 Å². The largest absolute Gasteiger partial charge is 0.346 e. The van der Waals surface area contributed by atoms with Gasteiger partial charge >= 0.3 is 0 Å². The Balaban J connectivity index is 1.81. The molecule has 0 bridgehead atoms. The molecule has 0 radical (unpaired) electrons. The van der Waals surface area contributed by atoms with E-state index in [1.165, 1.54) is 12.1 Å². The summed E-state index contributed by atoms with van der Waals surface area (Å²) in [5.74, 6) is 0.823. The van der Waals surface area contributed by atoms with Crippen LogP contribution in [0.4, 0.5) is 10.1 Å². The monoisotopic (exact) mass is 359 g/mol. The highest BCUT2D eigenvalue weighted by atomic mass is 35.5. The smallest absolute Gasteiger partial charge is 0.271 e. The second kappa shape index (κ2) is 6.43. The molecule has 0 amide bonds. The van der Waals surface area contributed by atoms with Crippen molar-refractivity contribution < 1.29 is 14.1 Å². The van der Waals surface area contributed by atoms with Crippen LogP contribution in [0, 0.1) is 5.82 Å². The molecular formula is C20H21ClFN2O+. The van der Waals surface area contributed by atoms with Crippen molar-refractivity contribution in [2.75, 3.05) is 18.0 Å². The first kappa shape index (κ1) is 16.6. The minimum Gasteiger partial charge on any atom is -0.346 e. The molecule has 0 unspecified atom stereocenters. The fraction of sp³-hybridized carbons (Fsp3) is 0.350. The van der Waals surface area contributed by atoms with E-state index in [2.05, 4.69) is 9.48 Å². The fourth-order valence-electron chi connectivity index (χ4n) is 3.92. The number of halogens is 2. The molecule has 0 aromatic heterocycles. The van der Waals surface area contributed by atoms with Gasteiger partial charge in [0.2, 0.25) is 0 Å². The first-order valence-corrected chi connectivity index (χ1v) is 9.11. The maximum absolute atomic E-state index is 13.4. The fourth-order valence-corrected chi connectivity index (χ4v) is 4.10. The molecule has 2 aromatic rings. The third-order valence-corrected chi connectivity index (χ3v) is 5.39. The van der Waals surface area contributed by atoms with E-state index in [-0.39, 0.29) is 5.82 Å². The molecule has 130 valence electrons. The number of hydrogen-bond acceptors (Lipinski definition) is 2. The van der Waals surface area contributed by atoms with Crippen LogP contribution in [0.25, 0.3) is 0 Å². The molecule has 3 nitrogen and oxygen atoms in total. The lowest BCUT2D eigenvalue weighted by Crippen LogP contribution is -2.41. The van der Waals surface area contributed by atoms with Crippen LogP contribution < -0.4 is 4.90 Å². The number of nitrogens with zero attached hydrogens (tertiary/aromatic N) is 2.